The van der Waals surface area contributed by atoms with E-state index in [9.17, 15) is 0 Å². The van der Waals surface area contributed by atoms with E-state index in [-0.39, 0.29) is 12.2 Å². The molecular formula is C16H20N6O2. The van der Waals surface area contributed by atoms with Crippen molar-refractivity contribution in [2.45, 2.75) is 33.0 Å². The number of nitrogens with zero attached hydrogens (tertiary/aromatic N) is 6. The van der Waals surface area contributed by atoms with Crippen molar-refractivity contribution >= 4 is 5.65 Å². The molecule has 0 aliphatic carbocycles. The van der Waals surface area contributed by atoms with E-state index in [4.69, 9.17) is 9.26 Å². The van der Waals surface area contributed by atoms with Crippen LogP contribution in [0, 0.1) is 13.8 Å². The fourth-order valence-corrected chi connectivity index (χ4v) is 3.20. The molecule has 8 heteroatoms. The number of hydrogen-bond acceptors (Lipinski definition) is 7. The van der Waals surface area contributed by atoms with E-state index in [0.29, 0.717) is 11.7 Å². The predicted molar refractivity (Wildman–Crippen MR) is 86.5 cm³/mol. The highest BCUT2D eigenvalue weighted by Gasteiger charge is 2.29. The molecule has 0 unspecified atom stereocenters. The quantitative estimate of drug-likeness (QED) is 0.709. The van der Waals surface area contributed by atoms with Gasteiger partial charge in [0.05, 0.1) is 17.9 Å². The van der Waals surface area contributed by atoms with Crippen LogP contribution in [0.3, 0.4) is 0 Å². The summed E-state index contributed by atoms with van der Waals surface area (Å²) < 4.78 is 13.2. The van der Waals surface area contributed by atoms with Crippen LogP contribution >= 0.6 is 0 Å². The van der Waals surface area contributed by atoms with Gasteiger partial charge >= 0.3 is 0 Å². The molecule has 0 aromatic carbocycles. The second-order valence-electron chi connectivity index (χ2n) is 6.45. The molecule has 1 aliphatic heterocycles. The van der Waals surface area contributed by atoms with Gasteiger partial charge in [-0.2, -0.15) is 10.1 Å². The molecule has 0 amide bonds. The molecule has 0 bridgehead atoms. The van der Waals surface area contributed by atoms with E-state index in [2.05, 4.69) is 32.2 Å². The lowest BCUT2D eigenvalue weighted by Gasteiger charge is -2.32. The first-order valence-electron chi connectivity index (χ1n) is 8.01. The lowest BCUT2D eigenvalue weighted by atomic mass is 10.2. The molecule has 4 rings (SSSR count). The highest BCUT2D eigenvalue weighted by Crippen LogP contribution is 2.27. The summed E-state index contributed by atoms with van der Waals surface area (Å²) in [7, 11) is 2.06. The van der Waals surface area contributed by atoms with Gasteiger partial charge in [-0.25, -0.2) is 9.50 Å². The summed E-state index contributed by atoms with van der Waals surface area (Å²) in [5.41, 5.74) is 3.43. The zero-order valence-corrected chi connectivity index (χ0v) is 14.2. The van der Waals surface area contributed by atoms with Crippen LogP contribution < -0.4 is 0 Å². The van der Waals surface area contributed by atoms with E-state index >= 15 is 0 Å². The molecule has 3 aromatic rings. The van der Waals surface area contributed by atoms with Crippen molar-refractivity contribution in [3.05, 3.63) is 29.5 Å². The van der Waals surface area contributed by atoms with Gasteiger partial charge in [-0.15, -0.1) is 0 Å². The van der Waals surface area contributed by atoms with Crippen LogP contribution in [-0.4, -0.2) is 55.9 Å². The zero-order valence-electron chi connectivity index (χ0n) is 14.2. The summed E-state index contributed by atoms with van der Waals surface area (Å²) in [5.74, 6) is 0.981. The maximum atomic E-state index is 5.92. The lowest BCUT2D eigenvalue weighted by Crippen LogP contribution is -2.40. The van der Waals surface area contributed by atoms with Crippen molar-refractivity contribution in [2.75, 3.05) is 20.1 Å². The van der Waals surface area contributed by atoms with Gasteiger partial charge in [0, 0.05) is 24.5 Å². The van der Waals surface area contributed by atoms with E-state index in [0.717, 1.165) is 35.7 Å². The molecule has 4 heterocycles. The smallest absolute Gasteiger partial charge is 0.257 e. The van der Waals surface area contributed by atoms with Crippen LogP contribution in [0.5, 0.6) is 0 Å². The number of ether oxygens (including phenoxy) is 1. The number of likely N-dealkylation sites (N-methyl/N-ethyl adjacent to an activating group) is 1. The molecule has 1 saturated heterocycles. The van der Waals surface area contributed by atoms with Gasteiger partial charge < -0.3 is 14.2 Å². The van der Waals surface area contributed by atoms with Crippen LogP contribution in [0.1, 0.15) is 30.3 Å². The van der Waals surface area contributed by atoms with E-state index in [1.54, 1.807) is 10.7 Å². The highest BCUT2D eigenvalue weighted by atomic mass is 16.5. The number of hydrogen-bond donors (Lipinski definition) is 0. The van der Waals surface area contributed by atoms with Crippen LogP contribution in [0.15, 0.2) is 16.8 Å². The van der Waals surface area contributed by atoms with Gasteiger partial charge in [-0.05, 0) is 33.9 Å². The maximum Gasteiger partial charge on any atom is 0.257 e. The van der Waals surface area contributed by atoms with Gasteiger partial charge in [0.1, 0.15) is 6.10 Å². The Morgan fingerprint density at radius 3 is 2.83 bits per heavy atom. The number of morpholine rings is 1. The van der Waals surface area contributed by atoms with Crippen LogP contribution in [0.2, 0.25) is 0 Å². The second-order valence-corrected chi connectivity index (χ2v) is 6.45. The average Bonchev–Trinajstić information content (AvgIpc) is 3.12. The van der Waals surface area contributed by atoms with Gasteiger partial charge in [0.15, 0.2) is 5.65 Å². The minimum Gasteiger partial charge on any atom is -0.363 e. The number of aromatic nitrogens is 5. The molecule has 24 heavy (non-hydrogen) atoms. The van der Waals surface area contributed by atoms with Crippen molar-refractivity contribution in [1.82, 2.24) is 29.6 Å². The molecule has 126 valence electrons. The summed E-state index contributed by atoms with van der Waals surface area (Å²) in [4.78, 5) is 11.3. The summed E-state index contributed by atoms with van der Waals surface area (Å²) in [5, 5.41) is 8.49. The zero-order chi connectivity index (χ0) is 16.8. The van der Waals surface area contributed by atoms with Gasteiger partial charge in [-0.1, -0.05) is 5.16 Å². The summed E-state index contributed by atoms with van der Waals surface area (Å²) in [6.45, 7) is 7.62. The summed E-state index contributed by atoms with van der Waals surface area (Å²) >= 11 is 0. The predicted octanol–water partition coefficient (Wildman–Crippen LogP) is 1.79. The second kappa shape index (κ2) is 5.64. The SMILES string of the molecule is Cc1cc(C)n2ncc(-c3noc([C@H]4CN(C)C[C@@H](C)O4)n3)c2n1. The number of fused-ring (bicyclic) bond motifs is 1. The minimum absolute atomic E-state index is 0.132. The molecule has 0 N–H and O–H groups in total. The molecular weight excluding hydrogens is 308 g/mol. The minimum atomic E-state index is -0.210. The monoisotopic (exact) mass is 328 g/mol. The summed E-state index contributed by atoms with van der Waals surface area (Å²) in [6.07, 6.45) is 1.64. The Hall–Kier alpha value is -2.32. The standard InChI is InChI=1S/C16H20N6O2/c1-9-5-10(2)22-15(18-9)12(6-17-22)14-19-16(24-20-14)13-8-21(4)7-11(3)23-13/h5-6,11,13H,7-8H2,1-4H3/t11-,13-/m1/s1. The van der Waals surface area contributed by atoms with Gasteiger partial charge in [-0.3, -0.25) is 0 Å². The first kappa shape index (κ1) is 15.2. The fraction of sp³-hybridized carbons (Fsp3) is 0.500. The molecule has 8 nitrogen and oxygen atoms in total. The third-order valence-corrected chi connectivity index (χ3v) is 4.18. The average molecular weight is 328 g/mol. The Kier molecular flexibility index (Phi) is 3.58. The molecule has 0 spiro atoms. The van der Waals surface area contributed by atoms with Crippen LogP contribution in [0.4, 0.5) is 0 Å². The molecule has 2 atom stereocenters. The van der Waals surface area contributed by atoms with Gasteiger partial charge in [0.25, 0.3) is 5.89 Å². The van der Waals surface area contributed by atoms with Crippen LogP contribution in [-0.2, 0) is 4.74 Å². The third kappa shape index (κ3) is 2.57. The summed E-state index contributed by atoms with van der Waals surface area (Å²) in [6, 6.07) is 1.98. The topological polar surface area (TPSA) is 81.6 Å². The Bertz CT molecular complexity index is 876. The lowest BCUT2D eigenvalue weighted by molar-refractivity contribution is -0.0838. The Morgan fingerprint density at radius 1 is 1.21 bits per heavy atom. The molecule has 3 aromatic heterocycles. The normalized spacial score (nSPS) is 22.3. The van der Waals surface area contributed by atoms with Gasteiger partial charge in [0.2, 0.25) is 5.82 Å². The Balaban J connectivity index is 1.70. The first-order chi connectivity index (χ1) is 11.5. The van der Waals surface area contributed by atoms with E-state index in [1.165, 1.54) is 0 Å². The van der Waals surface area contributed by atoms with Crippen molar-refractivity contribution in [3.63, 3.8) is 0 Å². The van der Waals surface area contributed by atoms with E-state index in [1.807, 2.05) is 26.8 Å². The van der Waals surface area contributed by atoms with Crippen molar-refractivity contribution in [2.24, 2.45) is 0 Å². The Morgan fingerprint density at radius 2 is 2.04 bits per heavy atom. The van der Waals surface area contributed by atoms with Crippen molar-refractivity contribution < 1.29 is 9.26 Å². The number of rotatable bonds is 2. The fourth-order valence-electron chi connectivity index (χ4n) is 3.20. The Labute approximate surface area is 139 Å². The maximum absolute atomic E-state index is 5.92. The molecule has 0 radical (unpaired) electrons. The first-order valence-corrected chi connectivity index (χ1v) is 8.01. The van der Waals surface area contributed by atoms with Crippen molar-refractivity contribution in [3.8, 4) is 11.4 Å². The number of aryl methyl sites for hydroxylation is 2. The van der Waals surface area contributed by atoms with Crippen molar-refractivity contribution in [1.29, 1.82) is 0 Å². The van der Waals surface area contributed by atoms with Crippen LogP contribution in [0.25, 0.3) is 17.0 Å². The van der Waals surface area contributed by atoms with E-state index < -0.39 is 0 Å². The molecule has 1 fully saturated rings. The molecule has 0 saturated carbocycles. The highest BCUT2D eigenvalue weighted by molar-refractivity contribution is 5.72. The third-order valence-electron chi connectivity index (χ3n) is 4.18. The molecule has 1 aliphatic rings. The largest absolute Gasteiger partial charge is 0.363 e.